The molecular weight excluding hydrogens is 242 g/mol. The van der Waals surface area contributed by atoms with Crippen LogP contribution in [0.5, 0.6) is 0 Å². The van der Waals surface area contributed by atoms with Gasteiger partial charge in [0.25, 0.3) is 0 Å². The van der Waals surface area contributed by atoms with Crippen LogP contribution in [0.4, 0.5) is 0 Å². The minimum absolute atomic E-state index is 0.376. The lowest BCUT2D eigenvalue weighted by Crippen LogP contribution is -2.23. The van der Waals surface area contributed by atoms with Gasteiger partial charge in [-0.15, -0.1) is 0 Å². The molecule has 0 fully saturated rings. The SMILES string of the molecule is Cc1ccn(CCc2ccccc2)/c(=N/[N+](=O)[O-])c1. The summed E-state index contributed by atoms with van der Waals surface area (Å²) in [7, 11) is 0. The number of aromatic nitrogens is 1. The average molecular weight is 257 g/mol. The summed E-state index contributed by atoms with van der Waals surface area (Å²) >= 11 is 0. The Morgan fingerprint density at radius 2 is 2.00 bits per heavy atom. The zero-order valence-corrected chi connectivity index (χ0v) is 10.7. The molecule has 0 aliphatic heterocycles. The predicted molar refractivity (Wildman–Crippen MR) is 71.9 cm³/mol. The summed E-state index contributed by atoms with van der Waals surface area (Å²) in [6, 6.07) is 13.7. The second-order valence-electron chi connectivity index (χ2n) is 4.33. The smallest absolute Gasteiger partial charge is 0.207 e. The lowest BCUT2D eigenvalue weighted by molar-refractivity contribution is -0.490. The molecule has 0 N–H and O–H groups in total. The number of hydrogen-bond donors (Lipinski definition) is 0. The Hall–Kier alpha value is -2.43. The van der Waals surface area contributed by atoms with Crippen molar-refractivity contribution >= 4 is 0 Å². The first-order chi connectivity index (χ1) is 9.15. The van der Waals surface area contributed by atoms with Crippen LogP contribution in [0.3, 0.4) is 0 Å². The summed E-state index contributed by atoms with van der Waals surface area (Å²) in [4.78, 5) is 10.5. The van der Waals surface area contributed by atoms with E-state index < -0.39 is 5.03 Å². The summed E-state index contributed by atoms with van der Waals surface area (Å²) in [5.41, 5.74) is 2.53. The lowest BCUT2D eigenvalue weighted by Gasteiger charge is -2.06. The van der Waals surface area contributed by atoms with Crippen LogP contribution in [0.15, 0.2) is 53.8 Å². The minimum Gasteiger partial charge on any atom is -0.328 e. The first-order valence-corrected chi connectivity index (χ1v) is 6.05. The van der Waals surface area contributed by atoms with Gasteiger partial charge >= 0.3 is 0 Å². The van der Waals surface area contributed by atoms with Gasteiger partial charge in [0.2, 0.25) is 5.49 Å². The van der Waals surface area contributed by atoms with Crippen LogP contribution in [0.1, 0.15) is 11.1 Å². The van der Waals surface area contributed by atoms with Gasteiger partial charge in [-0.1, -0.05) is 30.3 Å². The molecule has 0 saturated heterocycles. The Morgan fingerprint density at radius 3 is 2.68 bits per heavy atom. The number of hydrogen-bond acceptors (Lipinski definition) is 2. The first-order valence-electron chi connectivity index (χ1n) is 6.05. The molecule has 0 bridgehead atoms. The molecule has 0 aliphatic carbocycles. The topological polar surface area (TPSA) is 60.4 Å². The third kappa shape index (κ3) is 3.77. The number of benzene rings is 1. The monoisotopic (exact) mass is 257 g/mol. The molecule has 0 aliphatic rings. The zero-order chi connectivity index (χ0) is 13.7. The van der Waals surface area contributed by atoms with E-state index in [1.54, 1.807) is 10.6 Å². The molecule has 1 aromatic heterocycles. The molecule has 98 valence electrons. The number of rotatable bonds is 4. The molecule has 0 radical (unpaired) electrons. The van der Waals surface area contributed by atoms with Gasteiger partial charge in [0, 0.05) is 12.7 Å². The molecule has 5 heteroatoms. The van der Waals surface area contributed by atoms with E-state index >= 15 is 0 Å². The zero-order valence-electron chi connectivity index (χ0n) is 10.7. The molecule has 0 amide bonds. The summed E-state index contributed by atoms with van der Waals surface area (Å²) in [6.45, 7) is 2.55. The Bertz CT molecular complexity index is 633. The highest BCUT2D eigenvalue weighted by molar-refractivity contribution is 5.15. The van der Waals surface area contributed by atoms with Crippen molar-refractivity contribution in [1.82, 2.24) is 4.57 Å². The standard InChI is InChI=1S/C14H15N3O2/c1-12-7-9-16(14(11-12)15-17(18)19)10-8-13-5-3-2-4-6-13/h2-7,9,11H,8,10H2,1H3/b15-14+. The van der Waals surface area contributed by atoms with E-state index in [4.69, 9.17) is 0 Å². The number of aryl methyl sites for hydroxylation is 3. The molecule has 0 saturated carbocycles. The maximum absolute atomic E-state index is 10.5. The molecule has 5 nitrogen and oxygen atoms in total. The van der Waals surface area contributed by atoms with Gasteiger partial charge in [0.15, 0.2) is 5.03 Å². The fourth-order valence-electron chi connectivity index (χ4n) is 1.87. The normalized spacial score (nSPS) is 11.5. The number of pyridine rings is 1. The van der Waals surface area contributed by atoms with Gasteiger partial charge in [-0.05, 0) is 36.6 Å². The third-order valence-corrected chi connectivity index (χ3v) is 2.84. The van der Waals surface area contributed by atoms with Gasteiger partial charge < -0.3 is 4.57 Å². The highest BCUT2D eigenvalue weighted by atomic mass is 16.7. The molecule has 19 heavy (non-hydrogen) atoms. The summed E-state index contributed by atoms with van der Waals surface area (Å²) < 4.78 is 1.79. The number of nitro groups is 1. The quantitative estimate of drug-likeness (QED) is 0.622. The molecule has 0 spiro atoms. The van der Waals surface area contributed by atoms with Crippen molar-refractivity contribution in [2.24, 2.45) is 5.10 Å². The van der Waals surface area contributed by atoms with E-state index in [9.17, 15) is 10.1 Å². The minimum atomic E-state index is -0.659. The lowest BCUT2D eigenvalue weighted by atomic mass is 10.1. The van der Waals surface area contributed by atoms with Crippen LogP contribution in [0.2, 0.25) is 0 Å². The second-order valence-corrected chi connectivity index (χ2v) is 4.33. The van der Waals surface area contributed by atoms with E-state index in [-0.39, 0.29) is 0 Å². The molecule has 2 aromatic rings. The van der Waals surface area contributed by atoms with Crippen molar-refractivity contribution in [2.75, 3.05) is 0 Å². The van der Waals surface area contributed by atoms with Crippen LogP contribution in [0.25, 0.3) is 0 Å². The van der Waals surface area contributed by atoms with Crippen LogP contribution in [0, 0.1) is 17.0 Å². The van der Waals surface area contributed by atoms with Crippen molar-refractivity contribution in [1.29, 1.82) is 0 Å². The average Bonchev–Trinajstić information content (AvgIpc) is 2.38. The molecule has 0 unspecified atom stereocenters. The summed E-state index contributed by atoms with van der Waals surface area (Å²) in [6.07, 6.45) is 2.65. The maximum Gasteiger partial charge on any atom is 0.207 e. The van der Waals surface area contributed by atoms with Crippen molar-refractivity contribution in [3.05, 3.63) is 75.4 Å². The number of nitrogens with zero attached hydrogens (tertiary/aromatic N) is 3. The Balaban J connectivity index is 2.23. The third-order valence-electron chi connectivity index (χ3n) is 2.84. The van der Waals surface area contributed by atoms with Crippen LogP contribution >= 0.6 is 0 Å². The highest BCUT2D eigenvalue weighted by Gasteiger charge is 2.00. The second kappa shape index (κ2) is 5.95. The summed E-state index contributed by atoms with van der Waals surface area (Å²) in [5, 5.41) is 13.3. The first kappa shape index (κ1) is 13.0. The van der Waals surface area contributed by atoms with Crippen LogP contribution < -0.4 is 5.49 Å². The Morgan fingerprint density at radius 1 is 1.26 bits per heavy atom. The maximum atomic E-state index is 10.5. The van der Waals surface area contributed by atoms with Gasteiger partial charge in [-0.25, -0.2) is 10.1 Å². The summed E-state index contributed by atoms with van der Waals surface area (Å²) in [5.74, 6) is 0. The van der Waals surface area contributed by atoms with Crippen molar-refractivity contribution in [2.45, 2.75) is 19.9 Å². The van der Waals surface area contributed by atoms with E-state index in [1.165, 1.54) is 5.56 Å². The van der Waals surface area contributed by atoms with Crippen molar-refractivity contribution in [3.8, 4) is 0 Å². The fraction of sp³-hybridized carbons (Fsp3) is 0.214. The van der Waals surface area contributed by atoms with E-state index in [0.29, 0.717) is 12.0 Å². The van der Waals surface area contributed by atoms with Gasteiger partial charge in [0.05, 0.1) is 5.10 Å². The van der Waals surface area contributed by atoms with E-state index in [0.717, 1.165) is 12.0 Å². The van der Waals surface area contributed by atoms with Gasteiger partial charge in [0.1, 0.15) is 0 Å². The molecule has 1 heterocycles. The van der Waals surface area contributed by atoms with Crippen LogP contribution in [-0.4, -0.2) is 9.60 Å². The predicted octanol–water partition coefficient (Wildman–Crippen LogP) is 2.13. The Labute approximate surface area is 111 Å². The molecule has 1 aromatic carbocycles. The molecular formula is C14H15N3O2. The van der Waals surface area contributed by atoms with Gasteiger partial charge in [-0.3, -0.25) is 0 Å². The molecule has 2 rings (SSSR count). The van der Waals surface area contributed by atoms with Crippen molar-refractivity contribution < 1.29 is 5.03 Å². The van der Waals surface area contributed by atoms with Gasteiger partial charge in [-0.2, -0.15) is 0 Å². The molecule has 0 atom stereocenters. The van der Waals surface area contributed by atoms with E-state index in [1.807, 2.05) is 49.5 Å². The van der Waals surface area contributed by atoms with Crippen LogP contribution in [-0.2, 0) is 13.0 Å². The fourth-order valence-corrected chi connectivity index (χ4v) is 1.87. The van der Waals surface area contributed by atoms with Crippen molar-refractivity contribution in [3.63, 3.8) is 0 Å². The largest absolute Gasteiger partial charge is 0.328 e. The Kier molecular flexibility index (Phi) is 4.07. The highest BCUT2D eigenvalue weighted by Crippen LogP contribution is 2.01. The van der Waals surface area contributed by atoms with E-state index in [2.05, 4.69) is 5.10 Å².